The van der Waals surface area contributed by atoms with Crippen LogP contribution in [0.3, 0.4) is 0 Å². The zero-order chi connectivity index (χ0) is 12.8. The summed E-state index contributed by atoms with van der Waals surface area (Å²) in [4.78, 5) is 26.6. The molecule has 1 aromatic heterocycles. The normalized spacial score (nSPS) is 11.9. The van der Waals surface area contributed by atoms with E-state index in [0.717, 1.165) is 6.07 Å². The lowest BCUT2D eigenvalue weighted by molar-refractivity contribution is 0.482. The average molecular weight is 256 g/mol. The van der Waals surface area contributed by atoms with Crippen molar-refractivity contribution in [3.05, 3.63) is 38.5 Å². The van der Waals surface area contributed by atoms with Gasteiger partial charge in [0.05, 0.1) is 15.8 Å². The molecule has 0 saturated heterocycles. The van der Waals surface area contributed by atoms with Crippen molar-refractivity contribution in [2.45, 2.75) is 11.8 Å². The fourth-order valence-corrected chi connectivity index (χ4v) is 2.42. The van der Waals surface area contributed by atoms with Crippen molar-refractivity contribution in [1.29, 1.82) is 0 Å². The maximum Gasteiger partial charge on any atom is 0.326 e. The van der Waals surface area contributed by atoms with E-state index in [1.807, 2.05) is 4.98 Å². The van der Waals surface area contributed by atoms with Crippen molar-refractivity contribution in [3.63, 3.8) is 0 Å². The largest absolute Gasteiger partial charge is 0.326 e. The molecule has 0 aliphatic carbocycles. The first-order valence-corrected chi connectivity index (χ1v) is 5.98. The number of aryl methyl sites for hydroxylation is 1. The Hall–Kier alpha value is -1.93. The van der Waals surface area contributed by atoms with E-state index in [0.29, 0.717) is 0 Å². The number of aromatic amines is 2. The van der Waals surface area contributed by atoms with E-state index in [-0.39, 0.29) is 21.4 Å². The summed E-state index contributed by atoms with van der Waals surface area (Å²) in [5.74, 6) is 0. The summed E-state index contributed by atoms with van der Waals surface area (Å²) in [6.07, 6.45) is 0. The zero-order valence-corrected chi connectivity index (χ0v) is 9.46. The van der Waals surface area contributed by atoms with Crippen LogP contribution in [0.25, 0.3) is 10.9 Å². The van der Waals surface area contributed by atoms with Crippen LogP contribution in [-0.2, 0) is 10.1 Å². The fourth-order valence-electron chi connectivity index (χ4n) is 1.69. The van der Waals surface area contributed by atoms with Crippen LogP contribution in [0.5, 0.6) is 0 Å². The Morgan fingerprint density at radius 1 is 1.18 bits per heavy atom. The quantitative estimate of drug-likeness (QED) is 0.609. The summed E-state index contributed by atoms with van der Waals surface area (Å²) in [6, 6.07) is 2.38. The van der Waals surface area contributed by atoms with Gasteiger partial charge in [-0.3, -0.25) is 14.3 Å². The minimum Gasteiger partial charge on any atom is -0.307 e. The van der Waals surface area contributed by atoms with Gasteiger partial charge in [0.1, 0.15) is 0 Å². The van der Waals surface area contributed by atoms with E-state index < -0.39 is 21.4 Å². The van der Waals surface area contributed by atoms with Crippen LogP contribution >= 0.6 is 0 Å². The number of benzene rings is 1. The van der Waals surface area contributed by atoms with Gasteiger partial charge in [0.15, 0.2) is 0 Å². The number of fused-ring (bicyclic) bond motifs is 1. The van der Waals surface area contributed by atoms with Crippen molar-refractivity contribution in [1.82, 2.24) is 9.97 Å². The van der Waals surface area contributed by atoms with Gasteiger partial charge in [-0.05, 0) is 24.6 Å². The first-order valence-electron chi connectivity index (χ1n) is 4.54. The SMILES string of the molecule is Cc1c(S(=O)(=O)O)ccc2[nH]c(=O)[nH]c(=O)c12. The molecule has 1 aromatic carbocycles. The second-order valence-corrected chi connectivity index (χ2v) is 4.88. The van der Waals surface area contributed by atoms with Crippen LogP contribution in [0.15, 0.2) is 26.6 Å². The summed E-state index contributed by atoms with van der Waals surface area (Å²) in [5, 5.41) is 0.0275. The van der Waals surface area contributed by atoms with Crippen molar-refractivity contribution in [3.8, 4) is 0 Å². The minimum absolute atomic E-state index is 0.0275. The third kappa shape index (κ3) is 1.87. The molecule has 17 heavy (non-hydrogen) atoms. The highest BCUT2D eigenvalue weighted by molar-refractivity contribution is 7.85. The van der Waals surface area contributed by atoms with Gasteiger partial charge in [-0.15, -0.1) is 0 Å². The fraction of sp³-hybridized carbons (Fsp3) is 0.111. The van der Waals surface area contributed by atoms with E-state index >= 15 is 0 Å². The van der Waals surface area contributed by atoms with E-state index in [9.17, 15) is 18.0 Å². The molecule has 0 radical (unpaired) electrons. The molecule has 0 amide bonds. The Balaban J connectivity index is 3.05. The monoisotopic (exact) mass is 256 g/mol. The summed E-state index contributed by atoms with van der Waals surface area (Å²) >= 11 is 0. The Bertz CT molecular complexity index is 815. The predicted octanol–water partition coefficient (Wildman–Crippen LogP) is -0.228. The van der Waals surface area contributed by atoms with E-state index in [2.05, 4.69) is 4.98 Å². The van der Waals surface area contributed by atoms with Gasteiger partial charge in [0, 0.05) is 0 Å². The van der Waals surface area contributed by atoms with Crippen LogP contribution in [0.4, 0.5) is 0 Å². The molecular weight excluding hydrogens is 248 g/mol. The van der Waals surface area contributed by atoms with Crippen molar-refractivity contribution in [2.24, 2.45) is 0 Å². The highest BCUT2D eigenvalue weighted by Crippen LogP contribution is 2.20. The number of H-pyrrole nitrogens is 2. The van der Waals surface area contributed by atoms with Crippen molar-refractivity contribution < 1.29 is 13.0 Å². The summed E-state index contributed by atoms with van der Waals surface area (Å²) in [5.41, 5.74) is -1.08. The Morgan fingerprint density at radius 2 is 1.82 bits per heavy atom. The number of aromatic nitrogens is 2. The Labute approximate surface area is 94.9 Å². The molecule has 8 heteroatoms. The highest BCUT2D eigenvalue weighted by Gasteiger charge is 2.16. The lowest BCUT2D eigenvalue weighted by atomic mass is 10.1. The predicted molar refractivity (Wildman–Crippen MR) is 59.7 cm³/mol. The molecule has 90 valence electrons. The highest BCUT2D eigenvalue weighted by atomic mass is 32.2. The molecular formula is C9H8N2O5S. The third-order valence-corrected chi connectivity index (χ3v) is 3.39. The van der Waals surface area contributed by atoms with Gasteiger partial charge in [-0.2, -0.15) is 8.42 Å². The molecule has 0 fully saturated rings. The molecule has 0 aliphatic rings. The molecule has 0 unspecified atom stereocenters. The molecule has 0 spiro atoms. The van der Waals surface area contributed by atoms with Gasteiger partial charge in [-0.25, -0.2) is 4.79 Å². The van der Waals surface area contributed by atoms with Crippen molar-refractivity contribution in [2.75, 3.05) is 0 Å². The maximum atomic E-state index is 11.5. The summed E-state index contributed by atoms with van der Waals surface area (Å²) in [7, 11) is -4.40. The van der Waals surface area contributed by atoms with Gasteiger partial charge < -0.3 is 4.98 Å². The lowest BCUT2D eigenvalue weighted by Crippen LogP contribution is -2.23. The minimum atomic E-state index is -4.40. The number of hydrogen-bond acceptors (Lipinski definition) is 4. The number of nitrogens with one attached hydrogen (secondary N) is 2. The molecule has 3 N–H and O–H groups in total. The number of hydrogen-bond donors (Lipinski definition) is 3. The lowest BCUT2D eigenvalue weighted by Gasteiger charge is -2.05. The molecule has 2 aromatic rings. The first-order chi connectivity index (χ1) is 7.80. The molecule has 1 heterocycles. The summed E-state index contributed by atoms with van der Waals surface area (Å²) < 4.78 is 31.1. The topological polar surface area (TPSA) is 120 Å². The van der Waals surface area contributed by atoms with Crippen LogP contribution in [0.1, 0.15) is 5.56 Å². The number of rotatable bonds is 1. The molecule has 7 nitrogen and oxygen atoms in total. The molecule has 0 bridgehead atoms. The average Bonchev–Trinajstić information content (AvgIpc) is 2.14. The molecule has 0 atom stereocenters. The zero-order valence-electron chi connectivity index (χ0n) is 8.64. The summed E-state index contributed by atoms with van der Waals surface area (Å²) in [6.45, 7) is 1.37. The van der Waals surface area contributed by atoms with Crippen LogP contribution < -0.4 is 11.2 Å². The van der Waals surface area contributed by atoms with Crippen LogP contribution in [0, 0.1) is 6.92 Å². The van der Waals surface area contributed by atoms with Gasteiger partial charge in [0.2, 0.25) is 0 Å². The van der Waals surface area contributed by atoms with Crippen LogP contribution in [0.2, 0.25) is 0 Å². The molecule has 0 saturated carbocycles. The molecule has 0 aliphatic heterocycles. The first kappa shape index (κ1) is 11.6. The van der Waals surface area contributed by atoms with E-state index in [4.69, 9.17) is 4.55 Å². The second kappa shape index (κ2) is 3.54. The Kier molecular flexibility index (Phi) is 2.40. The standard InChI is InChI=1S/C9H8N2O5S/c1-4-6(17(14,15)16)3-2-5-7(4)8(12)11-9(13)10-5/h2-3H,1H3,(H,14,15,16)(H2,10,11,12,13). The van der Waals surface area contributed by atoms with Gasteiger partial charge >= 0.3 is 5.69 Å². The smallest absolute Gasteiger partial charge is 0.307 e. The second-order valence-electron chi connectivity index (χ2n) is 3.49. The van der Waals surface area contributed by atoms with Crippen molar-refractivity contribution >= 4 is 21.0 Å². The third-order valence-electron chi connectivity index (χ3n) is 2.40. The molecule has 2 rings (SSSR count). The van der Waals surface area contributed by atoms with Crippen LogP contribution in [-0.4, -0.2) is 22.9 Å². The van der Waals surface area contributed by atoms with Gasteiger partial charge in [0.25, 0.3) is 15.7 Å². The maximum absolute atomic E-state index is 11.5. The van der Waals surface area contributed by atoms with E-state index in [1.54, 1.807) is 0 Å². The van der Waals surface area contributed by atoms with E-state index in [1.165, 1.54) is 13.0 Å². The Morgan fingerprint density at radius 3 is 2.41 bits per heavy atom. The van der Waals surface area contributed by atoms with Gasteiger partial charge in [-0.1, -0.05) is 0 Å².